The molecule has 1 aliphatic heterocycles. The van der Waals surface area contributed by atoms with Crippen LogP contribution in [0.3, 0.4) is 0 Å². The first kappa shape index (κ1) is 19.7. The molecule has 0 saturated carbocycles. The van der Waals surface area contributed by atoms with Crippen LogP contribution in [0.5, 0.6) is 5.75 Å². The number of hydrogen-bond acceptors (Lipinski definition) is 4. The first-order chi connectivity index (χ1) is 11.9. The number of nitrogens with zero attached hydrogens (tertiary/aromatic N) is 2. The van der Waals surface area contributed by atoms with E-state index in [9.17, 15) is 9.90 Å². The monoisotopic (exact) mass is 348 g/mol. The maximum Gasteiger partial charge on any atom is 0.325 e. The zero-order valence-electron chi connectivity index (χ0n) is 15.9. The number of rotatable bonds is 8. The molecular weight excluding hydrogens is 316 g/mol. The van der Waals surface area contributed by atoms with Gasteiger partial charge >= 0.3 is 5.97 Å². The Bertz CT molecular complexity index is 544. The molecular formula is C20H32N2O3. The van der Waals surface area contributed by atoms with Gasteiger partial charge in [-0.15, -0.1) is 0 Å². The Morgan fingerprint density at radius 1 is 1.28 bits per heavy atom. The third kappa shape index (κ3) is 5.44. The molecule has 0 aliphatic carbocycles. The van der Waals surface area contributed by atoms with Crippen LogP contribution in [-0.4, -0.2) is 59.7 Å². The van der Waals surface area contributed by atoms with Crippen molar-refractivity contribution >= 4 is 5.97 Å². The van der Waals surface area contributed by atoms with Gasteiger partial charge in [0.2, 0.25) is 0 Å². The highest BCUT2D eigenvalue weighted by Crippen LogP contribution is 2.26. The normalized spacial score (nSPS) is 20.6. The van der Waals surface area contributed by atoms with Crippen LogP contribution in [0.2, 0.25) is 0 Å². The summed E-state index contributed by atoms with van der Waals surface area (Å²) in [4.78, 5) is 16.5. The minimum atomic E-state index is -0.785. The maximum atomic E-state index is 11.9. The molecule has 2 unspecified atom stereocenters. The summed E-state index contributed by atoms with van der Waals surface area (Å²) in [5.74, 6) is 0.474. The Kier molecular flexibility index (Phi) is 7.26. The predicted octanol–water partition coefficient (Wildman–Crippen LogP) is 3.26. The molecule has 1 aromatic rings. The second-order valence-electron chi connectivity index (χ2n) is 7.39. The molecule has 25 heavy (non-hydrogen) atoms. The van der Waals surface area contributed by atoms with Crippen molar-refractivity contribution in [2.24, 2.45) is 5.92 Å². The highest BCUT2D eigenvalue weighted by Gasteiger charge is 2.32. The second kappa shape index (κ2) is 9.20. The van der Waals surface area contributed by atoms with E-state index < -0.39 is 12.0 Å². The minimum Gasteiger partial charge on any atom is -0.493 e. The fourth-order valence-corrected chi connectivity index (χ4v) is 3.40. The molecule has 2 rings (SSSR count). The molecule has 0 radical (unpaired) electrons. The van der Waals surface area contributed by atoms with Gasteiger partial charge in [-0.3, -0.25) is 14.6 Å². The van der Waals surface area contributed by atoms with Gasteiger partial charge in [0.1, 0.15) is 11.8 Å². The van der Waals surface area contributed by atoms with Gasteiger partial charge in [0, 0.05) is 25.7 Å². The van der Waals surface area contributed by atoms with E-state index in [0.29, 0.717) is 18.6 Å². The van der Waals surface area contributed by atoms with Crippen LogP contribution in [0.1, 0.15) is 45.7 Å². The lowest BCUT2D eigenvalue weighted by Crippen LogP contribution is -2.53. The molecule has 1 fully saturated rings. The SMILES string of the molecule is CCCN1CCN(C(C(=O)O)c2ccc(OCC(C)C)cc2)CC1C. The van der Waals surface area contributed by atoms with Crippen molar-refractivity contribution in [1.82, 2.24) is 9.80 Å². The molecule has 0 bridgehead atoms. The van der Waals surface area contributed by atoms with E-state index in [4.69, 9.17) is 4.74 Å². The molecule has 5 nitrogen and oxygen atoms in total. The van der Waals surface area contributed by atoms with E-state index in [1.165, 1.54) is 0 Å². The van der Waals surface area contributed by atoms with Gasteiger partial charge in [-0.25, -0.2) is 0 Å². The number of piperazine rings is 1. The Morgan fingerprint density at radius 3 is 2.48 bits per heavy atom. The number of hydrogen-bond donors (Lipinski definition) is 1. The Labute approximate surface area is 151 Å². The molecule has 0 amide bonds. The fraction of sp³-hybridized carbons (Fsp3) is 0.650. The van der Waals surface area contributed by atoms with Crippen molar-refractivity contribution < 1.29 is 14.6 Å². The average Bonchev–Trinajstić information content (AvgIpc) is 2.56. The Hall–Kier alpha value is -1.59. The zero-order chi connectivity index (χ0) is 18.4. The Morgan fingerprint density at radius 2 is 1.96 bits per heavy atom. The van der Waals surface area contributed by atoms with Gasteiger partial charge in [-0.05, 0) is 43.5 Å². The number of ether oxygens (including phenoxy) is 1. The smallest absolute Gasteiger partial charge is 0.325 e. The summed E-state index contributed by atoms with van der Waals surface area (Å²) in [5.41, 5.74) is 0.820. The highest BCUT2D eigenvalue weighted by molar-refractivity contribution is 5.75. The van der Waals surface area contributed by atoms with Crippen molar-refractivity contribution in [3.05, 3.63) is 29.8 Å². The lowest BCUT2D eigenvalue weighted by atomic mass is 10.0. The largest absolute Gasteiger partial charge is 0.493 e. The molecule has 1 saturated heterocycles. The lowest BCUT2D eigenvalue weighted by Gasteiger charge is -2.42. The Balaban J connectivity index is 2.07. The number of carboxylic acid groups (broad SMARTS) is 1. The zero-order valence-corrected chi connectivity index (χ0v) is 15.9. The number of benzene rings is 1. The third-order valence-corrected chi connectivity index (χ3v) is 4.69. The van der Waals surface area contributed by atoms with Gasteiger partial charge in [0.25, 0.3) is 0 Å². The second-order valence-corrected chi connectivity index (χ2v) is 7.39. The first-order valence-electron chi connectivity index (χ1n) is 9.36. The van der Waals surface area contributed by atoms with Gasteiger partial charge < -0.3 is 9.84 Å². The predicted molar refractivity (Wildman–Crippen MR) is 100 cm³/mol. The highest BCUT2D eigenvalue weighted by atomic mass is 16.5. The van der Waals surface area contributed by atoms with E-state index in [1.54, 1.807) is 0 Å². The van der Waals surface area contributed by atoms with E-state index in [0.717, 1.165) is 43.9 Å². The van der Waals surface area contributed by atoms with E-state index in [1.807, 2.05) is 24.3 Å². The summed E-state index contributed by atoms with van der Waals surface area (Å²) in [7, 11) is 0. The third-order valence-electron chi connectivity index (χ3n) is 4.69. The van der Waals surface area contributed by atoms with Gasteiger partial charge in [0.05, 0.1) is 6.61 Å². The van der Waals surface area contributed by atoms with Crippen LogP contribution in [0.25, 0.3) is 0 Å². The summed E-state index contributed by atoms with van der Waals surface area (Å²) in [6, 6.07) is 7.32. The molecule has 140 valence electrons. The van der Waals surface area contributed by atoms with Crippen molar-refractivity contribution in [2.45, 2.75) is 46.2 Å². The molecule has 1 aromatic carbocycles. The average molecular weight is 348 g/mol. The van der Waals surface area contributed by atoms with Crippen LogP contribution < -0.4 is 4.74 Å². The lowest BCUT2D eigenvalue weighted by molar-refractivity contribution is -0.144. The summed E-state index contributed by atoms with van der Waals surface area (Å²) >= 11 is 0. The van der Waals surface area contributed by atoms with Crippen molar-refractivity contribution in [3.8, 4) is 5.75 Å². The molecule has 0 aromatic heterocycles. The van der Waals surface area contributed by atoms with Crippen LogP contribution >= 0.6 is 0 Å². The van der Waals surface area contributed by atoms with Crippen molar-refractivity contribution in [1.29, 1.82) is 0 Å². The van der Waals surface area contributed by atoms with Crippen molar-refractivity contribution in [3.63, 3.8) is 0 Å². The summed E-state index contributed by atoms with van der Waals surface area (Å²) in [5, 5.41) is 9.79. The molecule has 0 spiro atoms. The van der Waals surface area contributed by atoms with Gasteiger partial charge in [0.15, 0.2) is 0 Å². The van der Waals surface area contributed by atoms with Crippen LogP contribution in [-0.2, 0) is 4.79 Å². The summed E-state index contributed by atoms with van der Waals surface area (Å²) < 4.78 is 5.70. The molecule has 5 heteroatoms. The van der Waals surface area contributed by atoms with E-state index in [2.05, 4.69) is 37.5 Å². The minimum absolute atomic E-state index is 0.379. The first-order valence-corrected chi connectivity index (χ1v) is 9.36. The standard InChI is InChI=1S/C20H32N2O3/c1-5-10-21-11-12-22(13-16(21)4)19(20(23)24)17-6-8-18(9-7-17)25-14-15(2)3/h6-9,15-16,19H,5,10-14H2,1-4H3,(H,23,24). The topological polar surface area (TPSA) is 53.0 Å². The van der Waals surface area contributed by atoms with Crippen LogP contribution in [0.15, 0.2) is 24.3 Å². The number of aliphatic carboxylic acids is 1. The molecule has 1 aliphatic rings. The summed E-state index contributed by atoms with van der Waals surface area (Å²) in [6.45, 7) is 12.8. The number of carbonyl (C=O) groups is 1. The quantitative estimate of drug-likeness (QED) is 0.781. The van der Waals surface area contributed by atoms with E-state index >= 15 is 0 Å². The molecule has 2 atom stereocenters. The van der Waals surface area contributed by atoms with E-state index in [-0.39, 0.29) is 0 Å². The maximum absolute atomic E-state index is 11.9. The van der Waals surface area contributed by atoms with Gasteiger partial charge in [-0.1, -0.05) is 32.9 Å². The van der Waals surface area contributed by atoms with Crippen LogP contribution in [0, 0.1) is 5.92 Å². The van der Waals surface area contributed by atoms with Gasteiger partial charge in [-0.2, -0.15) is 0 Å². The summed E-state index contributed by atoms with van der Waals surface area (Å²) in [6.07, 6.45) is 1.13. The van der Waals surface area contributed by atoms with Crippen LogP contribution in [0.4, 0.5) is 0 Å². The molecule has 1 heterocycles. The fourth-order valence-electron chi connectivity index (χ4n) is 3.40. The molecule has 1 N–H and O–H groups in total. The van der Waals surface area contributed by atoms with Crippen molar-refractivity contribution in [2.75, 3.05) is 32.8 Å². The number of carboxylic acids is 1.